The van der Waals surface area contributed by atoms with Gasteiger partial charge in [0.05, 0.1) is 36.5 Å². The van der Waals surface area contributed by atoms with Gasteiger partial charge in [-0.05, 0) is 0 Å². The van der Waals surface area contributed by atoms with Gasteiger partial charge in [-0.15, -0.1) is 0 Å². The number of carbonyl (C=O) groups is 3. The van der Waals surface area contributed by atoms with E-state index in [0.717, 1.165) is 0 Å². The van der Waals surface area contributed by atoms with Crippen LogP contribution >= 0.6 is 23.5 Å². The van der Waals surface area contributed by atoms with Crippen LogP contribution in [0.15, 0.2) is 0 Å². The summed E-state index contributed by atoms with van der Waals surface area (Å²) < 4.78 is 137. The second kappa shape index (κ2) is 18.8. The predicted molar refractivity (Wildman–Crippen MR) is 167 cm³/mol. The topological polar surface area (TPSA) is 382 Å². The van der Waals surface area contributed by atoms with Crippen LogP contribution in [0.25, 0.3) is 0 Å². The molecule has 0 aromatic heterocycles. The Labute approximate surface area is 291 Å². The zero-order valence-corrected chi connectivity index (χ0v) is 32.1. The molecule has 1 aliphatic rings. The summed E-state index contributed by atoms with van der Waals surface area (Å²) in [4.78, 5) is 96.6. The van der Waals surface area contributed by atoms with Crippen molar-refractivity contribution in [2.45, 2.75) is 76.7 Å². The number of carbonyl (C=O) groups excluding carboxylic acids is 3. The molecule has 30 heteroatoms. The number of hydrogen-bond acceptors (Lipinski definition) is 18. The van der Waals surface area contributed by atoms with Gasteiger partial charge in [-0.3, -0.25) is 28.0 Å². The fraction of sp³-hybridized carbons (Fsp3) is 0.857. The van der Waals surface area contributed by atoms with Crippen molar-refractivity contribution in [2.24, 2.45) is 0 Å². The summed E-state index contributed by atoms with van der Waals surface area (Å²) in [6.45, 7) is 3.62. The van der Waals surface area contributed by atoms with Crippen LogP contribution in [0, 0.1) is 0 Å². The van der Waals surface area contributed by atoms with E-state index in [-0.39, 0.29) is 0 Å². The van der Waals surface area contributed by atoms with E-state index in [1.54, 1.807) is 0 Å². The standard InChI is InChI=1S/C21H39O24P3S3/c1-4-49(34,35)10-7-13(22)40-16-17(41-14(23)8-11-50(36,37)5-2)19(43-46(25,26)27)21(45-48(31,32)33)20(44-47(28,29)30)18(16)42-15(24)9-12-51(38,39)6-3/h16-21H,4-12H2,1-3H3,(H2,25,26,27)(H2,28,29,30)(H2,31,32,33)/t16?,17-,18-,19-,20+,21?/m1/s1. The lowest BCUT2D eigenvalue weighted by Gasteiger charge is -2.47. The molecule has 1 rings (SSSR count). The molecule has 0 aliphatic heterocycles. The monoisotopic (exact) mass is 864 g/mol. The van der Waals surface area contributed by atoms with Gasteiger partial charge in [0.1, 0.15) is 18.3 Å². The molecular formula is C21H39O24P3S3. The zero-order valence-electron chi connectivity index (χ0n) is 26.9. The molecule has 0 aromatic rings. The first-order valence-electron chi connectivity index (χ1n) is 14.3. The summed E-state index contributed by atoms with van der Waals surface area (Å²) >= 11 is 0. The van der Waals surface area contributed by atoms with Crippen molar-refractivity contribution in [1.29, 1.82) is 0 Å². The number of phosphoric acid groups is 3. The van der Waals surface area contributed by atoms with Crippen molar-refractivity contribution in [3.05, 3.63) is 0 Å². The maximum atomic E-state index is 13.0. The molecule has 0 amide bonds. The molecule has 2 unspecified atom stereocenters. The van der Waals surface area contributed by atoms with Crippen LogP contribution in [0.3, 0.4) is 0 Å². The third kappa shape index (κ3) is 18.0. The lowest BCUT2D eigenvalue weighted by atomic mass is 9.84. The fourth-order valence-electron chi connectivity index (χ4n) is 4.14. The van der Waals surface area contributed by atoms with Crippen molar-refractivity contribution in [3.63, 3.8) is 0 Å². The van der Waals surface area contributed by atoms with Crippen LogP contribution in [0.2, 0.25) is 0 Å². The SMILES string of the molecule is CCS(=O)(=O)CCC(=O)OC1[C@@H](OC(=O)CCS(=O)(=O)CC)[C@H](OP(=O)(O)O)C(OP(=O)(O)O)[C@H](OP(=O)(O)O)[C@@H]1OC(=O)CCS(=O)(=O)CC. The van der Waals surface area contributed by atoms with Crippen molar-refractivity contribution in [3.8, 4) is 0 Å². The van der Waals surface area contributed by atoms with Crippen LogP contribution in [-0.4, -0.2) is 144 Å². The van der Waals surface area contributed by atoms with E-state index in [2.05, 4.69) is 13.6 Å². The molecule has 0 heterocycles. The van der Waals surface area contributed by atoms with Gasteiger partial charge < -0.3 is 43.6 Å². The Hall–Kier alpha value is -1.41. The molecule has 0 saturated heterocycles. The Bertz CT molecular complexity index is 1620. The maximum absolute atomic E-state index is 13.0. The van der Waals surface area contributed by atoms with Gasteiger partial charge in [-0.1, -0.05) is 20.8 Å². The molecule has 1 fully saturated rings. The first-order valence-corrected chi connectivity index (χ1v) is 24.4. The summed E-state index contributed by atoms with van der Waals surface area (Å²) in [5, 5.41) is 0. The van der Waals surface area contributed by atoms with E-state index in [4.69, 9.17) is 14.2 Å². The van der Waals surface area contributed by atoms with Crippen LogP contribution in [-0.2, 0) is 85.4 Å². The summed E-state index contributed by atoms with van der Waals surface area (Å²) in [7, 11) is -29.7. The van der Waals surface area contributed by atoms with E-state index in [1.165, 1.54) is 20.8 Å². The van der Waals surface area contributed by atoms with Crippen LogP contribution in [0.5, 0.6) is 0 Å². The lowest BCUT2D eigenvalue weighted by molar-refractivity contribution is -0.240. The van der Waals surface area contributed by atoms with E-state index < -0.39 is 161 Å². The lowest BCUT2D eigenvalue weighted by Crippen LogP contribution is -2.68. The fourth-order valence-corrected chi connectivity index (χ4v) is 8.11. The molecule has 1 saturated carbocycles. The van der Waals surface area contributed by atoms with E-state index in [0.29, 0.717) is 0 Å². The van der Waals surface area contributed by atoms with Crippen LogP contribution in [0.4, 0.5) is 0 Å². The van der Waals surface area contributed by atoms with Crippen molar-refractivity contribution < 1.29 is 110 Å². The van der Waals surface area contributed by atoms with Gasteiger partial charge in [0.25, 0.3) is 0 Å². The molecule has 0 aromatic carbocycles. The highest BCUT2D eigenvalue weighted by Gasteiger charge is 2.62. The summed E-state index contributed by atoms with van der Waals surface area (Å²) in [5.41, 5.74) is 0. The average molecular weight is 865 g/mol. The van der Waals surface area contributed by atoms with Gasteiger partial charge in [0.2, 0.25) is 0 Å². The van der Waals surface area contributed by atoms with E-state index >= 15 is 0 Å². The second-order valence-electron chi connectivity index (χ2n) is 10.5. The Morgan fingerprint density at radius 3 is 0.843 bits per heavy atom. The summed E-state index contributed by atoms with van der Waals surface area (Å²) in [6, 6.07) is 0. The number of rotatable bonds is 21. The average Bonchev–Trinajstić information content (AvgIpc) is 2.97. The van der Waals surface area contributed by atoms with Gasteiger partial charge >= 0.3 is 41.4 Å². The second-order valence-corrected chi connectivity index (χ2v) is 21.5. The minimum Gasteiger partial charge on any atom is -0.455 e. The van der Waals surface area contributed by atoms with E-state index in [9.17, 15) is 82.7 Å². The number of sulfone groups is 3. The first-order chi connectivity index (χ1) is 22.9. The number of ether oxygens (including phenoxy) is 3. The molecule has 0 spiro atoms. The minimum absolute atomic E-state index is 0.483. The van der Waals surface area contributed by atoms with E-state index in [1.807, 2.05) is 0 Å². The molecule has 0 bridgehead atoms. The largest absolute Gasteiger partial charge is 0.470 e. The normalized spacial score (nSPS) is 23.7. The Morgan fingerprint density at radius 1 is 0.451 bits per heavy atom. The molecular weight excluding hydrogens is 825 g/mol. The quantitative estimate of drug-likeness (QED) is 0.0399. The Balaban J connectivity index is 4.07. The third-order valence-corrected chi connectivity index (χ3v) is 13.4. The summed E-state index contributed by atoms with van der Waals surface area (Å²) in [5.74, 6) is -9.00. The molecule has 6 atom stereocenters. The highest BCUT2D eigenvalue weighted by Crippen LogP contribution is 2.51. The molecule has 6 N–H and O–H groups in total. The van der Waals surface area contributed by atoms with Crippen molar-refractivity contribution in [1.82, 2.24) is 0 Å². The Kier molecular flexibility index (Phi) is 17.5. The number of esters is 3. The molecule has 0 radical (unpaired) electrons. The van der Waals surface area contributed by atoms with Crippen LogP contribution < -0.4 is 0 Å². The molecule has 24 nitrogen and oxygen atoms in total. The zero-order chi connectivity index (χ0) is 39.8. The van der Waals surface area contributed by atoms with Gasteiger partial charge in [-0.25, -0.2) is 38.9 Å². The highest BCUT2D eigenvalue weighted by molar-refractivity contribution is 7.91. The smallest absolute Gasteiger partial charge is 0.455 e. The maximum Gasteiger partial charge on any atom is 0.470 e. The van der Waals surface area contributed by atoms with Crippen LogP contribution in [0.1, 0.15) is 40.0 Å². The first kappa shape index (κ1) is 47.6. The Morgan fingerprint density at radius 2 is 0.647 bits per heavy atom. The van der Waals surface area contributed by atoms with Gasteiger partial charge in [-0.2, -0.15) is 0 Å². The predicted octanol–water partition coefficient (Wildman–Crippen LogP) is -2.36. The highest BCUT2D eigenvalue weighted by atomic mass is 32.2. The summed E-state index contributed by atoms with van der Waals surface area (Å²) in [6.07, 6.45) is -19.9. The van der Waals surface area contributed by atoms with Gasteiger partial charge in [0, 0.05) is 17.3 Å². The number of phosphoric ester groups is 3. The molecule has 51 heavy (non-hydrogen) atoms. The van der Waals surface area contributed by atoms with Gasteiger partial charge in [0.15, 0.2) is 47.8 Å². The molecule has 300 valence electrons. The molecule has 1 aliphatic carbocycles. The minimum atomic E-state index is -6.00. The number of hydrogen-bond donors (Lipinski definition) is 6. The third-order valence-electron chi connectivity index (χ3n) is 6.69. The van der Waals surface area contributed by atoms with Crippen molar-refractivity contribution in [2.75, 3.05) is 34.5 Å². The van der Waals surface area contributed by atoms with Crippen molar-refractivity contribution >= 4 is 70.9 Å².